The average Bonchev–Trinajstić information content (AvgIpc) is 3.17. The van der Waals surface area contributed by atoms with Crippen LogP contribution in [0.5, 0.6) is 0 Å². The van der Waals surface area contributed by atoms with Crippen molar-refractivity contribution in [1.29, 1.82) is 0 Å². The van der Waals surface area contributed by atoms with Gasteiger partial charge >= 0.3 is 0 Å². The summed E-state index contributed by atoms with van der Waals surface area (Å²) in [6.45, 7) is 7.84. The predicted molar refractivity (Wildman–Crippen MR) is 120 cm³/mol. The summed E-state index contributed by atoms with van der Waals surface area (Å²) in [6, 6.07) is 13.6. The molecule has 1 amide bonds. The lowest BCUT2D eigenvalue weighted by atomic mass is 10.2. The molecule has 1 N–H and O–H groups in total. The monoisotopic (exact) mass is 419 g/mol. The van der Waals surface area contributed by atoms with Gasteiger partial charge in [-0.25, -0.2) is 10.4 Å². The molecule has 0 atom stereocenters. The van der Waals surface area contributed by atoms with Crippen LogP contribution in [0.4, 0.5) is 0 Å². The quantitative estimate of drug-likeness (QED) is 0.382. The van der Waals surface area contributed by atoms with E-state index >= 15 is 0 Å². The largest absolute Gasteiger partial charge is 0.318 e. The third-order valence-corrected chi connectivity index (χ3v) is 5.33. The Hall–Kier alpha value is -3.38. The topological polar surface area (TPSA) is 63.7 Å². The highest BCUT2D eigenvalue weighted by atomic mass is 35.5. The number of aryl methyl sites for hydroxylation is 3. The Morgan fingerprint density at radius 3 is 2.57 bits per heavy atom. The van der Waals surface area contributed by atoms with Crippen LogP contribution in [0, 0.1) is 27.7 Å². The molecule has 0 aliphatic heterocycles. The Balaban J connectivity index is 1.58. The molecule has 6 nitrogen and oxygen atoms in total. The van der Waals surface area contributed by atoms with Crippen LogP contribution in [-0.4, -0.2) is 26.1 Å². The Bertz CT molecular complexity index is 1280. The van der Waals surface area contributed by atoms with Crippen molar-refractivity contribution in [3.8, 4) is 5.69 Å². The maximum absolute atomic E-state index is 12.7. The first-order valence-electron chi connectivity index (χ1n) is 9.59. The molecule has 3 aromatic heterocycles. The van der Waals surface area contributed by atoms with Gasteiger partial charge in [0, 0.05) is 33.9 Å². The fourth-order valence-corrected chi connectivity index (χ4v) is 3.79. The van der Waals surface area contributed by atoms with Crippen molar-refractivity contribution in [3.63, 3.8) is 0 Å². The lowest BCUT2D eigenvalue weighted by molar-refractivity contribution is 0.0948. The average molecular weight is 420 g/mol. The van der Waals surface area contributed by atoms with Crippen LogP contribution in [0.15, 0.2) is 53.8 Å². The van der Waals surface area contributed by atoms with Crippen LogP contribution in [0.3, 0.4) is 0 Å². The third kappa shape index (κ3) is 3.62. The van der Waals surface area contributed by atoms with Crippen molar-refractivity contribution >= 4 is 29.4 Å². The van der Waals surface area contributed by atoms with Crippen LogP contribution in [0.2, 0.25) is 5.02 Å². The van der Waals surface area contributed by atoms with Crippen molar-refractivity contribution in [3.05, 3.63) is 87.6 Å². The summed E-state index contributed by atoms with van der Waals surface area (Å²) in [5.41, 5.74) is 9.60. The Morgan fingerprint density at radius 2 is 1.83 bits per heavy atom. The van der Waals surface area contributed by atoms with E-state index in [-0.39, 0.29) is 5.91 Å². The Labute approximate surface area is 179 Å². The molecule has 7 heteroatoms. The number of pyridine rings is 1. The molecule has 152 valence electrons. The molecule has 0 saturated carbocycles. The van der Waals surface area contributed by atoms with E-state index in [0.29, 0.717) is 16.4 Å². The van der Waals surface area contributed by atoms with Crippen molar-refractivity contribution in [1.82, 2.24) is 19.4 Å². The molecule has 0 radical (unpaired) electrons. The lowest BCUT2D eigenvalue weighted by Gasteiger charge is -2.09. The summed E-state index contributed by atoms with van der Waals surface area (Å²) in [6.07, 6.45) is 3.56. The highest BCUT2D eigenvalue weighted by Crippen LogP contribution is 2.21. The van der Waals surface area contributed by atoms with Gasteiger partial charge < -0.3 is 4.57 Å². The summed E-state index contributed by atoms with van der Waals surface area (Å²) in [5, 5.41) is 4.89. The number of amides is 1. The number of hydrogen-bond donors (Lipinski definition) is 1. The van der Waals surface area contributed by atoms with Gasteiger partial charge in [-0.1, -0.05) is 17.7 Å². The zero-order chi connectivity index (χ0) is 21.4. The van der Waals surface area contributed by atoms with Crippen LogP contribution < -0.4 is 5.43 Å². The standard InChI is InChI=1S/C23H22ClN5O/c1-14-5-10-21-26-16(3)22(28(21)13-14)23(30)27-25-12-18-11-15(2)29(17(18)4)20-8-6-19(24)7-9-20/h5-13H,1-4H3,(H,27,30)/b25-12-. The number of carbonyl (C=O) groups excluding carboxylic acids is 1. The van der Waals surface area contributed by atoms with E-state index in [1.807, 2.05) is 76.4 Å². The number of carbonyl (C=O) groups is 1. The predicted octanol–water partition coefficient (Wildman–Crippen LogP) is 4.78. The van der Waals surface area contributed by atoms with Crippen LogP contribution in [0.25, 0.3) is 11.3 Å². The molecule has 3 heterocycles. The highest BCUT2D eigenvalue weighted by molar-refractivity contribution is 6.30. The minimum Gasteiger partial charge on any atom is -0.318 e. The number of nitrogens with one attached hydrogen (secondary N) is 1. The van der Waals surface area contributed by atoms with Gasteiger partial charge in [0.2, 0.25) is 0 Å². The van der Waals surface area contributed by atoms with Gasteiger partial charge in [0.25, 0.3) is 5.91 Å². The second-order valence-electron chi connectivity index (χ2n) is 7.32. The van der Waals surface area contributed by atoms with E-state index in [2.05, 4.69) is 20.1 Å². The Kier molecular flexibility index (Phi) is 5.18. The Morgan fingerprint density at radius 1 is 1.10 bits per heavy atom. The second kappa shape index (κ2) is 7.80. The van der Waals surface area contributed by atoms with Crippen molar-refractivity contribution in [2.75, 3.05) is 0 Å². The molecule has 0 spiro atoms. The fraction of sp³-hybridized carbons (Fsp3) is 0.174. The zero-order valence-electron chi connectivity index (χ0n) is 17.3. The van der Waals surface area contributed by atoms with Gasteiger partial charge in [0.15, 0.2) is 0 Å². The van der Waals surface area contributed by atoms with E-state index in [9.17, 15) is 4.79 Å². The molecule has 0 saturated heterocycles. The fourth-order valence-electron chi connectivity index (χ4n) is 3.66. The number of rotatable bonds is 4. The van der Waals surface area contributed by atoms with E-state index in [1.165, 1.54) is 0 Å². The summed E-state index contributed by atoms with van der Waals surface area (Å²) in [5.74, 6) is -0.298. The summed E-state index contributed by atoms with van der Waals surface area (Å²) >= 11 is 6.00. The van der Waals surface area contributed by atoms with Crippen molar-refractivity contribution < 1.29 is 4.79 Å². The van der Waals surface area contributed by atoms with E-state index in [4.69, 9.17) is 11.6 Å². The van der Waals surface area contributed by atoms with E-state index in [1.54, 1.807) is 10.6 Å². The number of benzene rings is 1. The summed E-state index contributed by atoms with van der Waals surface area (Å²) in [4.78, 5) is 17.2. The van der Waals surface area contributed by atoms with Crippen LogP contribution in [-0.2, 0) is 0 Å². The molecular weight excluding hydrogens is 398 g/mol. The van der Waals surface area contributed by atoms with Crippen LogP contribution in [0.1, 0.15) is 38.7 Å². The van der Waals surface area contributed by atoms with Crippen molar-refractivity contribution in [2.24, 2.45) is 5.10 Å². The number of aromatic nitrogens is 3. The number of nitrogens with zero attached hydrogens (tertiary/aromatic N) is 4. The second-order valence-corrected chi connectivity index (χ2v) is 7.75. The molecular formula is C23H22ClN5O. The number of fused-ring (bicyclic) bond motifs is 1. The van der Waals surface area contributed by atoms with Crippen LogP contribution >= 0.6 is 11.6 Å². The van der Waals surface area contributed by atoms with Crippen molar-refractivity contribution in [2.45, 2.75) is 27.7 Å². The first-order chi connectivity index (χ1) is 14.3. The summed E-state index contributed by atoms with van der Waals surface area (Å²) < 4.78 is 3.92. The van der Waals surface area contributed by atoms with E-state index in [0.717, 1.165) is 33.8 Å². The van der Waals surface area contributed by atoms with Gasteiger partial charge in [-0.05, 0) is 69.7 Å². The smallest absolute Gasteiger partial charge is 0.290 e. The van der Waals surface area contributed by atoms with E-state index < -0.39 is 0 Å². The molecule has 0 bridgehead atoms. The van der Waals surface area contributed by atoms with Gasteiger partial charge in [0.05, 0.1) is 11.9 Å². The SMILES string of the molecule is Cc1ccc2nc(C)c(C(=O)N/N=C\c3cc(C)n(-c4ccc(Cl)cc4)c3C)n2c1. The first kappa shape index (κ1) is 19.9. The molecule has 4 aromatic rings. The van der Waals surface area contributed by atoms with Gasteiger partial charge in [-0.2, -0.15) is 5.10 Å². The number of hydrogen-bond acceptors (Lipinski definition) is 3. The summed E-state index contributed by atoms with van der Waals surface area (Å²) in [7, 11) is 0. The molecule has 0 aliphatic carbocycles. The molecule has 0 fully saturated rings. The first-order valence-corrected chi connectivity index (χ1v) is 9.96. The van der Waals surface area contributed by atoms with Gasteiger partial charge in [0.1, 0.15) is 11.3 Å². The minimum absolute atomic E-state index is 0.298. The number of imidazole rings is 1. The molecule has 0 unspecified atom stereocenters. The number of hydrazone groups is 1. The maximum Gasteiger partial charge on any atom is 0.290 e. The normalized spacial score (nSPS) is 11.5. The van der Waals surface area contributed by atoms with Gasteiger partial charge in [-0.3, -0.25) is 9.20 Å². The van der Waals surface area contributed by atoms with Gasteiger partial charge in [-0.15, -0.1) is 0 Å². The molecule has 4 rings (SSSR count). The minimum atomic E-state index is -0.298. The zero-order valence-corrected chi connectivity index (χ0v) is 18.0. The third-order valence-electron chi connectivity index (χ3n) is 5.08. The molecule has 1 aromatic carbocycles. The highest BCUT2D eigenvalue weighted by Gasteiger charge is 2.16. The maximum atomic E-state index is 12.7. The molecule has 0 aliphatic rings. The lowest BCUT2D eigenvalue weighted by Crippen LogP contribution is -2.20. The molecule has 30 heavy (non-hydrogen) atoms. The number of halogens is 1.